The van der Waals surface area contributed by atoms with Crippen LogP contribution >= 0.6 is 39.5 Å². The van der Waals surface area contributed by atoms with E-state index in [4.69, 9.17) is 0 Å². The lowest BCUT2D eigenvalue weighted by Gasteiger charge is -2.12. The predicted molar refractivity (Wildman–Crippen MR) is 104 cm³/mol. The van der Waals surface area contributed by atoms with E-state index in [2.05, 4.69) is 15.9 Å². The van der Waals surface area contributed by atoms with Crippen molar-refractivity contribution in [3.8, 4) is 0 Å². The normalized spacial score (nSPS) is 16.2. The van der Waals surface area contributed by atoms with Crippen LogP contribution in [-0.2, 0) is 11.3 Å². The van der Waals surface area contributed by atoms with Crippen LogP contribution in [0.3, 0.4) is 0 Å². The van der Waals surface area contributed by atoms with Crippen molar-refractivity contribution in [3.63, 3.8) is 0 Å². The van der Waals surface area contributed by atoms with Gasteiger partial charge in [-0.1, -0.05) is 40.2 Å². The molecule has 0 aromatic heterocycles. The zero-order chi connectivity index (χ0) is 17.1. The largest absolute Gasteiger partial charge is 0.293 e. The maximum atomic E-state index is 12.5. The first-order valence-corrected chi connectivity index (χ1v) is 10.0. The molecular weight excluding hydrogens is 406 g/mol. The maximum absolute atomic E-state index is 12.5. The molecule has 24 heavy (non-hydrogen) atoms. The lowest BCUT2D eigenvalue weighted by molar-refractivity contribution is -0.123. The molecule has 2 aromatic carbocycles. The number of halogens is 1. The molecule has 0 spiro atoms. The van der Waals surface area contributed by atoms with Gasteiger partial charge in [0.05, 0.1) is 11.4 Å². The Kier molecular flexibility index (Phi) is 5.48. The molecule has 6 heteroatoms. The molecule has 0 unspecified atom stereocenters. The molecule has 0 bridgehead atoms. The van der Waals surface area contributed by atoms with Crippen LogP contribution in [0.15, 0.2) is 62.8 Å². The van der Waals surface area contributed by atoms with Crippen LogP contribution in [0.2, 0.25) is 0 Å². The Morgan fingerprint density at radius 3 is 2.38 bits per heavy atom. The molecule has 2 amide bonds. The molecule has 0 saturated carbocycles. The number of amides is 2. The summed E-state index contributed by atoms with van der Waals surface area (Å²) in [5, 5.41) is -0.227. The van der Waals surface area contributed by atoms with Crippen molar-refractivity contribution in [1.82, 2.24) is 4.90 Å². The lowest BCUT2D eigenvalue weighted by Crippen LogP contribution is -2.27. The van der Waals surface area contributed by atoms with Gasteiger partial charge >= 0.3 is 0 Å². The number of thioether (sulfide) groups is 2. The zero-order valence-corrected chi connectivity index (χ0v) is 16.1. The van der Waals surface area contributed by atoms with Gasteiger partial charge < -0.3 is 0 Å². The van der Waals surface area contributed by atoms with Gasteiger partial charge in [-0.3, -0.25) is 14.5 Å². The Morgan fingerprint density at radius 1 is 1.08 bits per heavy atom. The summed E-state index contributed by atoms with van der Waals surface area (Å²) in [7, 11) is 0. The van der Waals surface area contributed by atoms with Gasteiger partial charge in [0.15, 0.2) is 0 Å². The minimum Gasteiger partial charge on any atom is -0.268 e. The van der Waals surface area contributed by atoms with Gasteiger partial charge in [0.25, 0.3) is 11.1 Å². The van der Waals surface area contributed by atoms with Crippen molar-refractivity contribution in [1.29, 1.82) is 0 Å². The van der Waals surface area contributed by atoms with Crippen LogP contribution in [0.5, 0.6) is 0 Å². The quantitative estimate of drug-likeness (QED) is 0.490. The average Bonchev–Trinajstić information content (AvgIpc) is 2.85. The molecule has 0 radical (unpaired) electrons. The first-order chi connectivity index (χ1) is 11.6. The molecular formula is C18H14BrNO2S2. The highest BCUT2D eigenvalue weighted by atomic mass is 79.9. The van der Waals surface area contributed by atoms with Crippen LogP contribution in [0.1, 0.15) is 11.1 Å². The third-order valence-electron chi connectivity index (χ3n) is 3.54. The Bertz CT molecular complexity index is 801. The number of nitrogens with zero attached hydrogens (tertiary/aromatic N) is 1. The van der Waals surface area contributed by atoms with Gasteiger partial charge in [0, 0.05) is 9.37 Å². The van der Waals surface area contributed by atoms with Crippen LogP contribution in [-0.4, -0.2) is 22.3 Å². The first-order valence-electron chi connectivity index (χ1n) is 7.20. The van der Waals surface area contributed by atoms with E-state index in [0.717, 1.165) is 32.3 Å². The molecule has 122 valence electrons. The summed E-state index contributed by atoms with van der Waals surface area (Å²) in [4.78, 5) is 27.6. The molecule has 1 heterocycles. The Labute approximate surface area is 157 Å². The third kappa shape index (κ3) is 3.94. The standard InChI is InChI=1S/C18H14BrNO2S2/c1-23-15-8-4-12(5-9-15)10-16-17(21)20(18(22)24-16)11-13-2-6-14(19)7-3-13/h2-10H,11H2,1H3/b16-10-. The van der Waals surface area contributed by atoms with E-state index in [1.54, 1.807) is 17.8 Å². The highest BCUT2D eigenvalue weighted by Gasteiger charge is 2.34. The minimum absolute atomic E-state index is 0.227. The second kappa shape index (κ2) is 7.59. The minimum atomic E-state index is -0.234. The second-order valence-corrected chi connectivity index (χ2v) is 7.96. The van der Waals surface area contributed by atoms with Crippen molar-refractivity contribution >= 4 is 56.7 Å². The van der Waals surface area contributed by atoms with Gasteiger partial charge in [0.1, 0.15) is 0 Å². The van der Waals surface area contributed by atoms with E-state index in [9.17, 15) is 9.59 Å². The van der Waals surface area contributed by atoms with E-state index in [1.165, 1.54) is 4.90 Å². The monoisotopic (exact) mass is 419 g/mol. The van der Waals surface area contributed by atoms with Crippen molar-refractivity contribution in [2.75, 3.05) is 6.26 Å². The number of hydrogen-bond acceptors (Lipinski definition) is 4. The molecule has 1 aliphatic rings. The molecule has 1 fully saturated rings. The average molecular weight is 420 g/mol. The predicted octanol–water partition coefficient (Wildman–Crippen LogP) is 5.41. The molecule has 2 aromatic rings. The van der Waals surface area contributed by atoms with Crippen molar-refractivity contribution in [2.45, 2.75) is 11.4 Å². The number of rotatable bonds is 4. The van der Waals surface area contributed by atoms with Crippen LogP contribution < -0.4 is 0 Å². The van der Waals surface area contributed by atoms with Gasteiger partial charge in [-0.05, 0) is 59.5 Å². The molecule has 1 saturated heterocycles. The van der Waals surface area contributed by atoms with E-state index < -0.39 is 0 Å². The van der Waals surface area contributed by atoms with Gasteiger partial charge in [0.2, 0.25) is 0 Å². The summed E-state index contributed by atoms with van der Waals surface area (Å²) in [6.45, 7) is 0.292. The van der Waals surface area contributed by atoms with Crippen LogP contribution in [0, 0.1) is 0 Å². The first kappa shape index (κ1) is 17.3. The third-order valence-corrected chi connectivity index (χ3v) is 5.72. The number of benzene rings is 2. The number of carbonyl (C=O) groups excluding carboxylic acids is 2. The van der Waals surface area contributed by atoms with Gasteiger partial charge in [-0.2, -0.15) is 0 Å². The number of carbonyl (C=O) groups is 2. The topological polar surface area (TPSA) is 37.4 Å². The maximum Gasteiger partial charge on any atom is 0.293 e. The summed E-state index contributed by atoms with van der Waals surface area (Å²) < 4.78 is 0.967. The summed E-state index contributed by atoms with van der Waals surface area (Å²) in [5.74, 6) is -0.234. The fourth-order valence-corrected chi connectivity index (χ4v) is 3.77. The van der Waals surface area contributed by atoms with Crippen molar-refractivity contribution in [2.24, 2.45) is 0 Å². The highest BCUT2D eigenvalue weighted by molar-refractivity contribution is 9.10. The summed E-state index contributed by atoms with van der Waals surface area (Å²) in [5.41, 5.74) is 1.84. The number of imide groups is 1. The fraction of sp³-hybridized carbons (Fsp3) is 0.111. The SMILES string of the molecule is CSc1ccc(/C=C2\SC(=O)N(Cc3ccc(Br)cc3)C2=O)cc1. The van der Waals surface area contributed by atoms with Crippen molar-refractivity contribution in [3.05, 3.63) is 69.0 Å². The summed E-state index contributed by atoms with van der Waals surface area (Å²) >= 11 is 6.03. The van der Waals surface area contributed by atoms with Crippen LogP contribution in [0.4, 0.5) is 4.79 Å². The molecule has 0 N–H and O–H groups in total. The highest BCUT2D eigenvalue weighted by Crippen LogP contribution is 2.33. The Balaban J connectivity index is 1.77. The molecule has 1 aliphatic heterocycles. The van der Waals surface area contributed by atoms with E-state index >= 15 is 0 Å². The molecule has 3 nitrogen and oxygen atoms in total. The zero-order valence-electron chi connectivity index (χ0n) is 12.9. The van der Waals surface area contributed by atoms with E-state index in [0.29, 0.717) is 11.4 Å². The lowest BCUT2D eigenvalue weighted by atomic mass is 10.2. The van der Waals surface area contributed by atoms with Crippen molar-refractivity contribution < 1.29 is 9.59 Å². The Hall–Kier alpha value is -1.50. The Morgan fingerprint density at radius 2 is 1.75 bits per heavy atom. The van der Waals surface area contributed by atoms with E-state index in [-0.39, 0.29) is 11.1 Å². The fourth-order valence-electron chi connectivity index (χ4n) is 2.26. The van der Waals surface area contributed by atoms with E-state index in [1.807, 2.05) is 54.8 Å². The smallest absolute Gasteiger partial charge is 0.268 e. The summed E-state index contributed by atoms with van der Waals surface area (Å²) in [6.07, 6.45) is 3.79. The molecule has 0 aliphatic carbocycles. The second-order valence-electron chi connectivity index (χ2n) is 5.17. The van der Waals surface area contributed by atoms with Gasteiger partial charge in [-0.25, -0.2) is 0 Å². The van der Waals surface area contributed by atoms with Gasteiger partial charge in [-0.15, -0.1) is 11.8 Å². The molecule has 3 rings (SSSR count). The summed E-state index contributed by atoms with van der Waals surface area (Å²) in [6, 6.07) is 15.5. The number of hydrogen-bond donors (Lipinski definition) is 0. The molecule has 0 atom stereocenters. The van der Waals surface area contributed by atoms with Crippen LogP contribution in [0.25, 0.3) is 6.08 Å².